The smallest absolute Gasteiger partial charge is 0.196 e. The first-order chi connectivity index (χ1) is 19.7. The molecule has 0 aliphatic rings. The molecule has 0 fully saturated rings. The zero-order valence-corrected chi connectivity index (χ0v) is 24.1. The summed E-state index contributed by atoms with van der Waals surface area (Å²) in [5.74, 6) is 2.10. The van der Waals surface area contributed by atoms with E-state index in [0.29, 0.717) is 0 Å². The van der Waals surface area contributed by atoms with Gasteiger partial charge in [0.1, 0.15) is 0 Å². The van der Waals surface area contributed by atoms with Gasteiger partial charge in [0.25, 0.3) is 0 Å². The molecule has 0 bridgehead atoms. The number of carbonyl (C=O) groups is 1. The normalized spacial score (nSPS) is 11.6. The Hall–Kier alpha value is -4.01. The summed E-state index contributed by atoms with van der Waals surface area (Å²) in [6.07, 6.45) is 0. The summed E-state index contributed by atoms with van der Waals surface area (Å²) in [5, 5.41) is 6.08. The van der Waals surface area contributed by atoms with Gasteiger partial charge in [0.2, 0.25) is 0 Å². The fraction of sp³-hybridized carbons (Fsp3) is 0. The molecular weight excluding hydrogens is 544 g/mol. The quantitative estimate of drug-likeness (QED) is 0.145. The number of ketones is 1. The molecule has 0 aliphatic carbocycles. The van der Waals surface area contributed by atoms with Crippen molar-refractivity contribution in [2.24, 2.45) is 0 Å². The van der Waals surface area contributed by atoms with Gasteiger partial charge in [0.05, 0.1) is 4.88 Å². The van der Waals surface area contributed by atoms with Crippen LogP contribution in [0.25, 0.3) is 30.6 Å². The molecule has 4 heteroatoms. The molecule has 0 saturated heterocycles. The molecule has 0 spiro atoms. The molecule has 192 valence electrons. The van der Waals surface area contributed by atoms with Gasteiger partial charge in [-0.15, -0.1) is 22.7 Å². The maximum absolute atomic E-state index is 14.2. The van der Waals surface area contributed by atoms with Gasteiger partial charge in [0, 0.05) is 30.6 Å². The second-order valence-corrected chi connectivity index (χ2v) is 15.1. The molecule has 2 heterocycles. The standard InChI is InChI=1S/C36H25OPS2/c37-32(35-24-23-34(39-35)31-21-12-20-30-29-19-10-11-22-33(29)40-36(30)31)25-38(26-13-4-1-5-14-26,27-15-6-2-7-16-27)28-17-8-3-9-18-28/h1-25H. The first-order valence-electron chi connectivity index (χ1n) is 13.2. The predicted molar refractivity (Wildman–Crippen MR) is 178 cm³/mol. The average Bonchev–Trinajstić information content (AvgIpc) is 3.67. The van der Waals surface area contributed by atoms with Crippen molar-refractivity contribution >= 4 is 77.2 Å². The highest BCUT2D eigenvalue weighted by molar-refractivity contribution is 7.95. The summed E-state index contributed by atoms with van der Waals surface area (Å²) in [4.78, 5) is 16.1. The summed E-state index contributed by atoms with van der Waals surface area (Å²) in [6.45, 7) is -2.36. The Morgan fingerprint density at radius 3 is 1.70 bits per heavy atom. The summed E-state index contributed by atoms with van der Waals surface area (Å²) in [7, 11) is 0. The van der Waals surface area contributed by atoms with Crippen molar-refractivity contribution in [1.29, 1.82) is 0 Å². The number of Topliss-reactive ketones (excluding diaryl/α,β-unsaturated/α-hetero) is 1. The monoisotopic (exact) mass is 568 g/mol. The van der Waals surface area contributed by atoms with Crippen molar-refractivity contribution in [3.8, 4) is 10.4 Å². The minimum absolute atomic E-state index is 0.0738. The van der Waals surface area contributed by atoms with Crippen molar-refractivity contribution in [3.63, 3.8) is 0 Å². The van der Waals surface area contributed by atoms with Crippen molar-refractivity contribution in [1.82, 2.24) is 0 Å². The highest BCUT2D eigenvalue weighted by atomic mass is 32.1. The molecule has 0 atom stereocenters. The Morgan fingerprint density at radius 2 is 1.07 bits per heavy atom. The summed E-state index contributed by atoms with van der Waals surface area (Å²) in [5.41, 5.74) is 1.19. The van der Waals surface area contributed by atoms with Gasteiger partial charge in [-0.1, -0.05) is 127 Å². The zero-order valence-electron chi connectivity index (χ0n) is 21.6. The minimum atomic E-state index is -2.36. The highest BCUT2D eigenvalue weighted by Crippen LogP contribution is 2.45. The van der Waals surface area contributed by atoms with Crippen LogP contribution < -0.4 is 15.9 Å². The number of hydrogen-bond donors (Lipinski definition) is 0. The van der Waals surface area contributed by atoms with Crippen LogP contribution in [0.5, 0.6) is 0 Å². The Morgan fingerprint density at radius 1 is 0.525 bits per heavy atom. The lowest BCUT2D eigenvalue weighted by Crippen LogP contribution is -2.28. The molecule has 7 aromatic rings. The molecular formula is C36H25OPS2. The maximum Gasteiger partial charge on any atom is 0.196 e. The number of rotatable bonds is 6. The van der Waals surface area contributed by atoms with Gasteiger partial charge in [0.15, 0.2) is 5.78 Å². The Balaban J connectivity index is 1.40. The first-order valence-corrected chi connectivity index (χ1v) is 16.7. The third kappa shape index (κ3) is 4.28. The molecule has 0 radical (unpaired) electrons. The predicted octanol–water partition coefficient (Wildman–Crippen LogP) is 8.76. The number of benzene rings is 5. The van der Waals surface area contributed by atoms with Gasteiger partial charge in [-0.25, -0.2) is 0 Å². The van der Waals surface area contributed by atoms with E-state index in [1.165, 1.54) is 41.6 Å². The molecule has 0 unspecified atom stereocenters. The Kier molecular flexibility index (Phi) is 6.57. The number of carbonyl (C=O) groups excluding carboxylic acids is 1. The second-order valence-electron chi connectivity index (χ2n) is 9.67. The van der Waals surface area contributed by atoms with Crippen LogP contribution in [-0.2, 0) is 0 Å². The maximum atomic E-state index is 14.2. The minimum Gasteiger partial charge on any atom is -0.288 e. The third-order valence-electron chi connectivity index (χ3n) is 7.32. The van der Waals surface area contributed by atoms with Crippen molar-refractivity contribution in [3.05, 3.63) is 150 Å². The van der Waals surface area contributed by atoms with Gasteiger partial charge < -0.3 is 0 Å². The van der Waals surface area contributed by atoms with Crippen molar-refractivity contribution in [2.45, 2.75) is 0 Å². The topological polar surface area (TPSA) is 17.1 Å². The molecule has 0 amide bonds. The van der Waals surface area contributed by atoms with Crippen LogP contribution >= 0.6 is 29.6 Å². The summed E-state index contributed by atoms with van der Waals surface area (Å²) < 4.78 is 2.56. The number of thiophene rings is 2. The molecule has 7 rings (SSSR count). The average molecular weight is 569 g/mol. The second kappa shape index (κ2) is 10.5. The van der Waals surface area contributed by atoms with Crippen LogP contribution in [0, 0.1) is 0 Å². The van der Waals surface area contributed by atoms with Crippen LogP contribution in [0.4, 0.5) is 0 Å². The number of fused-ring (bicyclic) bond motifs is 3. The van der Waals surface area contributed by atoms with E-state index in [1.807, 2.05) is 41.4 Å². The molecule has 0 saturated carbocycles. The van der Waals surface area contributed by atoms with Crippen LogP contribution in [0.1, 0.15) is 9.67 Å². The molecule has 2 aromatic heterocycles. The van der Waals surface area contributed by atoms with E-state index in [4.69, 9.17) is 0 Å². The van der Waals surface area contributed by atoms with E-state index in [2.05, 4.69) is 121 Å². The van der Waals surface area contributed by atoms with Gasteiger partial charge >= 0.3 is 0 Å². The number of hydrogen-bond acceptors (Lipinski definition) is 3. The van der Waals surface area contributed by atoms with Gasteiger partial charge in [-0.2, -0.15) is 0 Å². The summed E-state index contributed by atoms with van der Waals surface area (Å²) >= 11 is 3.41. The van der Waals surface area contributed by atoms with E-state index in [0.717, 1.165) is 9.75 Å². The van der Waals surface area contributed by atoms with Crippen LogP contribution in [0.3, 0.4) is 0 Å². The van der Waals surface area contributed by atoms with Gasteiger partial charge in [-0.05, 0) is 46.8 Å². The van der Waals surface area contributed by atoms with Crippen LogP contribution in [0.2, 0.25) is 0 Å². The molecule has 40 heavy (non-hydrogen) atoms. The van der Waals surface area contributed by atoms with Crippen LogP contribution in [-0.4, -0.2) is 11.6 Å². The van der Waals surface area contributed by atoms with Crippen molar-refractivity contribution in [2.75, 3.05) is 0 Å². The third-order valence-corrected chi connectivity index (χ3v) is 13.6. The molecule has 0 N–H and O–H groups in total. The SMILES string of the molecule is O=C(C=P(c1ccccc1)(c1ccccc1)c1ccccc1)c1ccc(-c2cccc3c2sc2ccccc23)s1. The van der Waals surface area contributed by atoms with E-state index < -0.39 is 6.89 Å². The molecule has 5 aromatic carbocycles. The largest absolute Gasteiger partial charge is 0.288 e. The Bertz CT molecular complexity index is 1920. The van der Waals surface area contributed by atoms with E-state index in [1.54, 1.807) is 11.3 Å². The van der Waals surface area contributed by atoms with E-state index in [9.17, 15) is 4.79 Å². The van der Waals surface area contributed by atoms with Crippen LogP contribution in [0.15, 0.2) is 146 Å². The first kappa shape index (κ1) is 25.0. The fourth-order valence-electron chi connectivity index (χ4n) is 5.46. The Labute approximate surface area is 242 Å². The van der Waals surface area contributed by atoms with E-state index >= 15 is 0 Å². The molecule has 0 aliphatic heterocycles. The lowest BCUT2D eigenvalue weighted by molar-refractivity contribution is 0.107. The highest BCUT2D eigenvalue weighted by Gasteiger charge is 2.27. The fourth-order valence-corrected chi connectivity index (χ4v) is 11.5. The van der Waals surface area contributed by atoms with Crippen molar-refractivity contribution < 1.29 is 4.79 Å². The molecule has 1 nitrogen and oxygen atoms in total. The zero-order chi connectivity index (χ0) is 26.9. The summed E-state index contributed by atoms with van der Waals surface area (Å²) in [6, 6.07) is 50.7. The lowest BCUT2D eigenvalue weighted by Gasteiger charge is -2.28. The van der Waals surface area contributed by atoms with E-state index in [-0.39, 0.29) is 5.78 Å². The van der Waals surface area contributed by atoms with Gasteiger partial charge in [-0.3, -0.25) is 4.79 Å². The lowest BCUT2D eigenvalue weighted by atomic mass is 10.1.